The molecule has 4 aliphatic rings. The number of aliphatic hydroxyl groups excluding tert-OH is 1. The van der Waals surface area contributed by atoms with Gasteiger partial charge in [-0.15, -0.1) is 0 Å². The molecule has 0 radical (unpaired) electrons. The predicted molar refractivity (Wildman–Crippen MR) is 40.4 cm³/mol. The zero-order valence-electron chi connectivity index (χ0n) is 7.33. The number of rotatable bonds is 0. The average Bonchev–Trinajstić information content (AvgIpc) is 2.75. The van der Waals surface area contributed by atoms with Crippen LogP contribution in [0.4, 0.5) is 0 Å². The highest BCUT2D eigenvalue weighted by Gasteiger charge is 2.68. The Bertz CT molecular complexity index is 316. The second-order valence-corrected chi connectivity index (χ2v) is 4.50. The molecule has 4 fully saturated rings. The van der Waals surface area contributed by atoms with Crippen molar-refractivity contribution in [2.75, 3.05) is 0 Å². The Kier molecular flexibility index (Phi) is 1.16. The molecule has 5 heteroatoms. The lowest BCUT2D eigenvalue weighted by molar-refractivity contribution is -0.232. The van der Waals surface area contributed by atoms with Gasteiger partial charge in [0.25, 0.3) is 0 Å². The molecule has 7 atom stereocenters. The van der Waals surface area contributed by atoms with E-state index in [9.17, 15) is 9.90 Å². The number of hydrogen-bond donors (Lipinski definition) is 1. The van der Waals surface area contributed by atoms with Gasteiger partial charge in [0, 0.05) is 17.8 Å². The topological polar surface area (TPSA) is 65.0 Å². The van der Waals surface area contributed by atoms with Crippen LogP contribution >= 0.6 is 0 Å². The molecule has 3 saturated heterocycles. The molecule has 0 amide bonds. The first kappa shape index (κ1) is 7.62. The fraction of sp³-hybridized carbons (Fsp3) is 0.889. The van der Waals surface area contributed by atoms with Crippen molar-refractivity contribution in [2.24, 2.45) is 23.7 Å². The highest BCUT2D eigenvalue weighted by atomic mass is 16.8. The summed E-state index contributed by atoms with van der Waals surface area (Å²) in [5, 5.41) is 9.58. The molecule has 0 aromatic carbocycles. The van der Waals surface area contributed by atoms with E-state index in [4.69, 9.17) is 14.2 Å². The van der Waals surface area contributed by atoms with Crippen molar-refractivity contribution in [1.82, 2.24) is 0 Å². The minimum atomic E-state index is -0.760. The monoisotopic (exact) mass is 198 g/mol. The predicted octanol–water partition coefficient (Wildman–Crippen LogP) is -0.557. The average molecular weight is 198 g/mol. The van der Waals surface area contributed by atoms with Crippen molar-refractivity contribution in [2.45, 2.75) is 25.3 Å². The van der Waals surface area contributed by atoms with Crippen molar-refractivity contribution in [3.05, 3.63) is 0 Å². The Balaban J connectivity index is 1.79. The molecule has 14 heavy (non-hydrogen) atoms. The number of carbonyl (C=O) groups is 1. The third-order valence-corrected chi connectivity index (χ3v) is 4.00. The van der Waals surface area contributed by atoms with E-state index in [-0.39, 0.29) is 35.9 Å². The maximum Gasteiger partial charge on any atom is 0.311 e. The quantitative estimate of drug-likeness (QED) is 0.529. The Morgan fingerprint density at radius 1 is 1.21 bits per heavy atom. The molecule has 0 spiro atoms. The van der Waals surface area contributed by atoms with Crippen LogP contribution < -0.4 is 0 Å². The van der Waals surface area contributed by atoms with E-state index in [1.807, 2.05) is 0 Å². The summed E-state index contributed by atoms with van der Waals surface area (Å²) in [4.78, 5) is 11.4. The van der Waals surface area contributed by atoms with E-state index < -0.39 is 12.6 Å². The molecular weight excluding hydrogens is 188 g/mol. The number of aliphatic hydroxyl groups is 1. The largest absolute Gasteiger partial charge is 0.435 e. The second kappa shape index (κ2) is 2.13. The second-order valence-electron chi connectivity index (χ2n) is 4.50. The SMILES string of the molecule is O=C1O[C@@H]2O[C@@H]3O[C@@H](O)[C@@H]4C[C@H]1[C@H]2[C@H]34. The van der Waals surface area contributed by atoms with Gasteiger partial charge in [0.1, 0.15) is 0 Å². The molecule has 3 aliphatic heterocycles. The zero-order valence-corrected chi connectivity index (χ0v) is 7.33. The molecule has 1 aliphatic carbocycles. The molecular formula is C9H10O5. The number of carbonyl (C=O) groups excluding carboxylic acids is 1. The van der Waals surface area contributed by atoms with Gasteiger partial charge >= 0.3 is 5.97 Å². The van der Waals surface area contributed by atoms with E-state index in [1.54, 1.807) is 0 Å². The smallest absolute Gasteiger partial charge is 0.311 e. The summed E-state index contributed by atoms with van der Waals surface area (Å²) in [5.74, 6) is 0.104. The van der Waals surface area contributed by atoms with Crippen LogP contribution in [-0.4, -0.2) is 29.9 Å². The van der Waals surface area contributed by atoms with Gasteiger partial charge in [-0.2, -0.15) is 0 Å². The molecule has 1 saturated carbocycles. The third kappa shape index (κ3) is 0.647. The molecule has 1 N–H and O–H groups in total. The van der Waals surface area contributed by atoms with Crippen LogP contribution in [0.3, 0.4) is 0 Å². The van der Waals surface area contributed by atoms with Crippen LogP contribution in [0, 0.1) is 23.7 Å². The zero-order chi connectivity index (χ0) is 9.45. The lowest BCUT2D eigenvalue weighted by atomic mass is 9.91. The summed E-state index contributed by atoms with van der Waals surface area (Å²) in [7, 11) is 0. The highest BCUT2D eigenvalue weighted by Crippen LogP contribution is 2.59. The fourth-order valence-electron chi connectivity index (χ4n) is 3.46. The Hall–Kier alpha value is -0.650. The minimum Gasteiger partial charge on any atom is -0.435 e. The van der Waals surface area contributed by atoms with Gasteiger partial charge in [-0.05, 0) is 6.42 Å². The number of esters is 1. The van der Waals surface area contributed by atoms with E-state index >= 15 is 0 Å². The molecule has 4 rings (SSSR count). The molecule has 0 unspecified atom stereocenters. The molecule has 76 valence electrons. The van der Waals surface area contributed by atoms with Crippen LogP contribution in [0.25, 0.3) is 0 Å². The summed E-state index contributed by atoms with van der Waals surface area (Å²) < 4.78 is 15.8. The number of ether oxygens (including phenoxy) is 3. The summed E-state index contributed by atoms with van der Waals surface area (Å²) >= 11 is 0. The van der Waals surface area contributed by atoms with Crippen LogP contribution in [0.15, 0.2) is 0 Å². The minimum absolute atomic E-state index is 0.0628. The first-order valence-electron chi connectivity index (χ1n) is 4.95. The maximum atomic E-state index is 11.4. The van der Waals surface area contributed by atoms with Crippen LogP contribution in [0.2, 0.25) is 0 Å². The Morgan fingerprint density at radius 2 is 2.07 bits per heavy atom. The fourth-order valence-corrected chi connectivity index (χ4v) is 3.46. The molecule has 3 heterocycles. The third-order valence-electron chi connectivity index (χ3n) is 4.00. The summed E-state index contributed by atoms with van der Waals surface area (Å²) in [6, 6.07) is 0. The molecule has 5 nitrogen and oxygen atoms in total. The number of hydrogen-bond acceptors (Lipinski definition) is 5. The van der Waals surface area contributed by atoms with Crippen molar-refractivity contribution in [3.8, 4) is 0 Å². The highest BCUT2D eigenvalue weighted by molar-refractivity contribution is 5.76. The molecule has 0 aromatic rings. The van der Waals surface area contributed by atoms with E-state index in [1.165, 1.54) is 0 Å². The van der Waals surface area contributed by atoms with Gasteiger partial charge < -0.3 is 19.3 Å². The van der Waals surface area contributed by atoms with Gasteiger partial charge in [0.2, 0.25) is 6.29 Å². The van der Waals surface area contributed by atoms with Crippen LogP contribution in [0.1, 0.15) is 6.42 Å². The summed E-state index contributed by atoms with van der Waals surface area (Å²) in [6.45, 7) is 0. The van der Waals surface area contributed by atoms with Gasteiger partial charge in [-0.3, -0.25) is 4.79 Å². The van der Waals surface area contributed by atoms with Crippen molar-refractivity contribution in [3.63, 3.8) is 0 Å². The van der Waals surface area contributed by atoms with Crippen molar-refractivity contribution < 1.29 is 24.1 Å². The first-order chi connectivity index (χ1) is 6.75. The van der Waals surface area contributed by atoms with Crippen molar-refractivity contribution in [1.29, 1.82) is 0 Å². The maximum absolute atomic E-state index is 11.4. The van der Waals surface area contributed by atoms with E-state index in [0.717, 1.165) is 0 Å². The van der Waals surface area contributed by atoms with E-state index in [0.29, 0.717) is 6.42 Å². The Morgan fingerprint density at radius 3 is 2.93 bits per heavy atom. The van der Waals surface area contributed by atoms with Crippen molar-refractivity contribution >= 4 is 5.97 Å². The van der Waals surface area contributed by atoms with Gasteiger partial charge in [0.05, 0.1) is 5.92 Å². The molecule has 0 bridgehead atoms. The first-order valence-corrected chi connectivity index (χ1v) is 4.95. The molecule has 0 aromatic heterocycles. The van der Waals surface area contributed by atoms with Gasteiger partial charge in [0.15, 0.2) is 12.6 Å². The Labute approximate surface area is 79.9 Å². The lowest BCUT2D eigenvalue weighted by Crippen LogP contribution is -2.21. The summed E-state index contributed by atoms with van der Waals surface area (Å²) in [5.41, 5.74) is 0. The van der Waals surface area contributed by atoms with Crippen LogP contribution in [0.5, 0.6) is 0 Å². The van der Waals surface area contributed by atoms with Gasteiger partial charge in [-0.25, -0.2) is 0 Å². The normalized spacial score (nSPS) is 63.2. The standard InChI is InChI=1S/C9H10O5/c10-6-2-1-3-5-4(2)8(12-6)14-9(5)13-7(3)11/h2-6,8-10H,1H2/t2-,3+,4-,5+,6-,8+,9-/m1/s1. The van der Waals surface area contributed by atoms with E-state index in [2.05, 4.69) is 0 Å². The van der Waals surface area contributed by atoms with Gasteiger partial charge in [-0.1, -0.05) is 0 Å². The van der Waals surface area contributed by atoms with Crippen LogP contribution in [-0.2, 0) is 19.0 Å². The summed E-state index contributed by atoms with van der Waals surface area (Å²) in [6.07, 6.45) is -0.849. The lowest BCUT2D eigenvalue weighted by Gasteiger charge is -2.13.